The van der Waals surface area contributed by atoms with Crippen LogP contribution in [0.4, 0.5) is 0 Å². The Balaban J connectivity index is 0.00000261. The number of pyridine rings is 2. The Morgan fingerprint density at radius 2 is 1.55 bits per heavy atom. The zero-order chi connectivity index (χ0) is 18.2. The lowest BCUT2D eigenvalue weighted by Crippen LogP contribution is -2.45. The quantitative estimate of drug-likeness (QED) is 0.585. The van der Waals surface area contributed by atoms with E-state index in [9.17, 15) is 9.59 Å². The van der Waals surface area contributed by atoms with Crippen molar-refractivity contribution in [2.24, 2.45) is 5.41 Å². The fourth-order valence-electron chi connectivity index (χ4n) is 3.11. The van der Waals surface area contributed by atoms with Crippen LogP contribution in [0.5, 0.6) is 0 Å². The molecule has 29 heavy (non-hydrogen) atoms. The first-order valence-corrected chi connectivity index (χ1v) is 8.71. The second-order valence-corrected chi connectivity index (χ2v) is 6.57. The van der Waals surface area contributed by atoms with Gasteiger partial charge >= 0.3 is 0 Å². The molecule has 1 fully saturated rings. The normalized spacial score (nSPS) is 17.1. The number of hydrogen-bond acceptors (Lipinski definition) is 5. The average Bonchev–Trinajstić information content (AvgIpc) is 3.16. The highest BCUT2D eigenvalue weighted by Gasteiger charge is 2.42. The van der Waals surface area contributed by atoms with E-state index in [1.54, 1.807) is 24.8 Å². The monoisotopic (exact) mass is 461 g/mol. The van der Waals surface area contributed by atoms with Gasteiger partial charge in [-0.15, -0.1) is 37.2 Å². The van der Waals surface area contributed by atoms with Crippen molar-refractivity contribution in [1.29, 1.82) is 0 Å². The van der Waals surface area contributed by atoms with Gasteiger partial charge < -0.3 is 16.0 Å². The van der Waals surface area contributed by atoms with E-state index in [1.165, 1.54) is 0 Å². The second kappa shape index (κ2) is 13.3. The maximum atomic E-state index is 12.8. The van der Waals surface area contributed by atoms with E-state index in [0.29, 0.717) is 26.1 Å². The van der Waals surface area contributed by atoms with E-state index in [0.717, 1.165) is 17.7 Å². The third kappa shape index (κ3) is 7.78. The Morgan fingerprint density at radius 1 is 0.966 bits per heavy atom. The van der Waals surface area contributed by atoms with Crippen LogP contribution in [0, 0.1) is 5.41 Å². The number of hydrogen-bond donors (Lipinski definition) is 3. The first-order chi connectivity index (χ1) is 12.7. The highest BCUT2D eigenvalue weighted by atomic mass is 35.5. The minimum Gasteiger partial charge on any atom is -0.352 e. The molecular formula is C19H26Cl3N5O2. The molecule has 0 aromatic carbocycles. The highest BCUT2D eigenvalue weighted by Crippen LogP contribution is 2.30. The van der Waals surface area contributed by atoms with Crippen molar-refractivity contribution in [3.05, 3.63) is 60.2 Å². The van der Waals surface area contributed by atoms with Crippen molar-refractivity contribution in [1.82, 2.24) is 25.9 Å². The van der Waals surface area contributed by atoms with E-state index in [-0.39, 0.29) is 55.5 Å². The van der Waals surface area contributed by atoms with Crippen molar-refractivity contribution in [2.45, 2.75) is 25.9 Å². The number of amides is 2. The summed E-state index contributed by atoms with van der Waals surface area (Å²) >= 11 is 0. The van der Waals surface area contributed by atoms with Gasteiger partial charge in [0.2, 0.25) is 11.8 Å². The van der Waals surface area contributed by atoms with Gasteiger partial charge in [-0.1, -0.05) is 12.1 Å². The zero-order valence-corrected chi connectivity index (χ0v) is 18.2. The van der Waals surface area contributed by atoms with Gasteiger partial charge in [-0.25, -0.2) is 0 Å². The molecule has 3 N–H and O–H groups in total. The predicted octanol–water partition coefficient (Wildman–Crippen LogP) is 2.04. The molecule has 0 radical (unpaired) electrons. The standard InChI is InChI=1S/C19H23N5O2.3ClH/c25-17(23-12-15-3-1-6-20-10-15)9-19(5-8-22-14-19)18(26)24-13-16-4-2-7-21-11-16;;;/h1-4,6-7,10-11,22H,5,8-9,12-14H2,(H,23,25)(H,24,26);3*1H. The minimum atomic E-state index is -0.707. The van der Waals surface area contributed by atoms with Crippen LogP contribution in [0.1, 0.15) is 24.0 Å². The number of nitrogens with one attached hydrogen (secondary N) is 3. The van der Waals surface area contributed by atoms with Crippen molar-refractivity contribution < 1.29 is 9.59 Å². The third-order valence-corrected chi connectivity index (χ3v) is 4.61. The summed E-state index contributed by atoms with van der Waals surface area (Å²) in [6.07, 6.45) is 7.64. The van der Waals surface area contributed by atoms with Crippen molar-refractivity contribution in [2.75, 3.05) is 13.1 Å². The molecule has 0 bridgehead atoms. The topological polar surface area (TPSA) is 96.0 Å². The highest BCUT2D eigenvalue weighted by molar-refractivity contribution is 5.89. The Labute approximate surface area is 189 Å². The summed E-state index contributed by atoms with van der Waals surface area (Å²) in [6.45, 7) is 2.06. The molecule has 0 saturated carbocycles. The summed E-state index contributed by atoms with van der Waals surface area (Å²) in [5.74, 6) is -0.225. The molecule has 7 nitrogen and oxygen atoms in total. The number of nitrogens with zero attached hydrogens (tertiary/aromatic N) is 2. The Bertz CT molecular complexity index is 744. The smallest absolute Gasteiger partial charge is 0.228 e. The fourth-order valence-corrected chi connectivity index (χ4v) is 3.11. The molecule has 1 unspecified atom stereocenters. The molecule has 3 heterocycles. The third-order valence-electron chi connectivity index (χ3n) is 4.61. The van der Waals surface area contributed by atoms with Gasteiger partial charge in [-0.2, -0.15) is 0 Å². The molecule has 2 aromatic heterocycles. The molecule has 1 atom stereocenters. The van der Waals surface area contributed by atoms with Crippen LogP contribution in [0.25, 0.3) is 0 Å². The summed E-state index contributed by atoms with van der Waals surface area (Å²) < 4.78 is 0. The van der Waals surface area contributed by atoms with Crippen LogP contribution in [-0.2, 0) is 22.7 Å². The van der Waals surface area contributed by atoms with E-state index in [4.69, 9.17) is 0 Å². The molecule has 3 rings (SSSR count). The number of halogens is 3. The molecular weight excluding hydrogens is 437 g/mol. The minimum absolute atomic E-state index is 0. The average molecular weight is 463 g/mol. The van der Waals surface area contributed by atoms with Gasteiger partial charge in [-0.05, 0) is 36.2 Å². The van der Waals surface area contributed by atoms with E-state index < -0.39 is 5.41 Å². The predicted molar refractivity (Wildman–Crippen MR) is 118 cm³/mol. The van der Waals surface area contributed by atoms with E-state index in [1.807, 2.05) is 24.3 Å². The van der Waals surface area contributed by atoms with Crippen molar-refractivity contribution in [3.8, 4) is 0 Å². The largest absolute Gasteiger partial charge is 0.352 e. The van der Waals surface area contributed by atoms with Crippen LogP contribution in [0.3, 0.4) is 0 Å². The van der Waals surface area contributed by atoms with Gasteiger partial charge in [-0.3, -0.25) is 19.6 Å². The van der Waals surface area contributed by atoms with Gasteiger partial charge in [0.1, 0.15) is 0 Å². The molecule has 1 aliphatic heterocycles. The maximum Gasteiger partial charge on any atom is 0.228 e. The van der Waals surface area contributed by atoms with Crippen LogP contribution in [-0.4, -0.2) is 34.9 Å². The van der Waals surface area contributed by atoms with Gasteiger partial charge in [0, 0.05) is 50.8 Å². The van der Waals surface area contributed by atoms with E-state index in [2.05, 4.69) is 25.9 Å². The Kier molecular flexibility index (Phi) is 12.4. The Morgan fingerprint density at radius 3 is 2.03 bits per heavy atom. The SMILES string of the molecule is Cl.Cl.Cl.O=C(CC1(C(=O)NCc2cccnc2)CCNC1)NCc1cccnc1. The first kappa shape index (κ1) is 27.1. The Hall–Kier alpha value is -1.93. The molecule has 1 saturated heterocycles. The second-order valence-electron chi connectivity index (χ2n) is 6.57. The van der Waals surface area contributed by atoms with Crippen LogP contribution >= 0.6 is 37.2 Å². The zero-order valence-electron chi connectivity index (χ0n) is 15.8. The lowest BCUT2D eigenvalue weighted by molar-refractivity contribution is -0.135. The molecule has 0 aliphatic carbocycles. The van der Waals surface area contributed by atoms with Gasteiger partial charge in [0.25, 0.3) is 0 Å². The van der Waals surface area contributed by atoms with Crippen molar-refractivity contribution in [3.63, 3.8) is 0 Å². The first-order valence-electron chi connectivity index (χ1n) is 8.71. The molecule has 1 aliphatic rings. The summed E-state index contributed by atoms with van der Waals surface area (Å²) in [7, 11) is 0. The molecule has 160 valence electrons. The number of carbonyl (C=O) groups is 2. The molecule has 0 spiro atoms. The lowest BCUT2D eigenvalue weighted by atomic mass is 9.82. The summed E-state index contributed by atoms with van der Waals surface area (Å²) in [5, 5.41) is 9.04. The summed E-state index contributed by atoms with van der Waals surface area (Å²) in [5.41, 5.74) is 1.16. The molecule has 2 amide bonds. The molecule has 2 aromatic rings. The maximum absolute atomic E-state index is 12.8. The van der Waals surface area contributed by atoms with E-state index >= 15 is 0 Å². The van der Waals surface area contributed by atoms with Crippen LogP contribution < -0.4 is 16.0 Å². The summed E-state index contributed by atoms with van der Waals surface area (Å²) in [4.78, 5) is 33.3. The van der Waals surface area contributed by atoms with Gasteiger partial charge in [0.15, 0.2) is 0 Å². The lowest BCUT2D eigenvalue weighted by Gasteiger charge is -2.26. The fraction of sp³-hybridized carbons (Fsp3) is 0.368. The summed E-state index contributed by atoms with van der Waals surface area (Å²) in [6, 6.07) is 7.48. The van der Waals surface area contributed by atoms with Crippen LogP contribution in [0.2, 0.25) is 0 Å². The number of carbonyl (C=O) groups excluding carboxylic acids is 2. The molecule has 10 heteroatoms. The van der Waals surface area contributed by atoms with Gasteiger partial charge in [0.05, 0.1) is 5.41 Å². The van der Waals surface area contributed by atoms with Crippen LogP contribution in [0.15, 0.2) is 49.1 Å². The number of rotatable bonds is 7. The van der Waals surface area contributed by atoms with Crippen molar-refractivity contribution >= 4 is 49.0 Å². The number of aromatic nitrogens is 2.